The van der Waals surface area contributed by atoms with Crippen LogP contribution in [-0.2, 0) is 10.8 Å². The molecule has 0 unspecified atom stereocenters. The van der Waals surface area contributed by atoms with Gasteiger partial charge in [0, 0.05) is 38.8 Å². The quantitative estimate of drug-likeness (QED) is 0.174. The van der Waals surface area contributed by atoms with Crippen molar-refractivity contribution in [3.8, 4) is 56.0 Å². The Morgan fingerprint density at radius 3 is 1.36 bits per heavy atom. The van der Waals surface area contributed by atoms with E-state index in [4.69, 9.17) is 4.74 Å². The highest BCUT2D eigenvalue weighted by atomic mass is 16.5. The van der Waals surface area contributed by atoms with Crippen LogP contribution < -0.4 is 9.64 Å². The van der Waals surface area contributed by atoms with E-state index in [0.717, 1.165) is 61.2 Å². The van der Waals surface area contributed by atoms with Gasteiger partial charge in [-0.25, -0.2) is 0 Å². The molecule has 72 heavy (non-hydrogen) atoms. The molecule has 16 rings (SSSR count). The minimum atomic E-state index is -0.691. The molecule has 2 nitrogen and oxygen atoms in total. The Labute approximate surface area is 418 Å². The summed E-state index contributed by atoms with van der Waals surface area (Å²) in [5.41, 5.74) is 22.3. The van der Waals surface area contributed by atoms with Gasteiger partial charge < -0.3 is 9.64 Å². The Morgan fingerprint density at radius 2 is 0.722 bits per heavy atom. The number of rotatable bonds is 4. The van der Waals surface area contributed by atoms with Crippen molar-refractivity contribution in [3.63, 3.8) is 0 Å². The third-order valence-corrected chi connectivity index (χ3v) is 16.5. The van der Waals surface area contributed by atoms with Crippen LogP contribution in [0.1, 0.15) is 44.5 Å². The van der Waals surface area contributed by atoms with E-state index in [1.165, 1.54) is 77.9 Å². The minimum Gasteiger partial charge on any atom is -0.455 e. The molecule has 12 aromatic carbocycles. The van der Waals surface area contributed by atoms with Crippen molar-refractivity contribution in [1.29, 1.82) is 0 Å². The number of fused-ring (bicyclic) bond motifs is 23. The van der Waals surface area contributed by atoms with Gasteiger partial charge in [-0.05, 0) is 113 Å². The second kappa shape index (κ2) is 14.6. The average Bonchev–Trinajstić information content (AvgIpc) is 4.05. The highest BCUT2D eigenvalue weighted by Gasteiger charge is 2.54. The molecular formula is C70H43NO. The lowest BCUT2D eigenvalue weighted by molar-refractivity contribution is 0.447. The van der Waals surface area contributed by atoms with Gasteiger partial charge in [-0.1, -0.05) is 231 Å². The molecule has 2 spiro atoms. The van der Waals surface area contributed by atoms with E-state index in [-0.39, 0.29) is 0 Å². The zero-order valence-electron chi connectivity index (χ0n) is 39.2. The van der Waals surface area contributed by atoms with E-state index >= 15 is 0 Å². The van der Waals surface area contributed by atoms with Crippen molar-refractivity contribution in [2.75, 3.05) is 4.90 Å². The number of nitrogens with zero attached hydrogens (tertiary/aromatic N) is 1. The summed E-state index contributed by atoms with van der Waals surface area (Å²) in [7, 11) is 0. The van der Waals surface area contributed by atoms with Crippen molar-refractivity contribution in [2.24, 2.45) is 0 Å². The lowest BCUT2D eigenvalue weighted by Gasteiger charge is -2.40. The highest BCUT2D eigenvalue weighted by Crippen LogP contribution is 2.67. The second-order valence-electron chi connectivity index (χ2n) is 19.8. The summed E-state index contributed by atoms with van der Waals surface area (Å²) < 4.78 is 7.34. The van der Waals surface area contributed by atoms with Crippen molar-refractivity contribution >= 4 is 38.6 Å². The molecule has 0 aromatic heterocycles. The SMILES string of the molecule is c1ccc(-c2cccc(N(c3ccc4c(c3)-c3ccccc3C43c4ccccc4-c4ccccc43)c3cccc4c3-c3ccccc3C43c4ccc5ccccc5c4Oc4c3ccc3ccccc43)c2)cc1. The van der Waals surface area contributed by atoms with E-state index < -0.39 is 10.8 Å². The molecule has 0 radical (unpaired) electrons. The minimum absolute atomic E-state index is 0.437. The largest absolute Gasteiger partial charge is 0.455 e. The third kappa shape index (κ3) is 5.03. The third-order valence-electron chi connectivity index (χ3n) is 16.5. The van der Waals surface area contributed by atoms with Crippen LogP contribution in [-0.4, -0.2) is 0 Å². The van der Waals surface area contributed by atoms with Crippen molar-refractivity contribution in [3.05, 3.63) is 305 Å². The van der Waals surface area contributed by atoms with Gasteiger partial charge in [-0.2, -0.15) is 0 Å². The Hall–Kier alpha value is -9.24. The van der Waals surface area contributed by atoms with Crippen LogP contribution in [0.5, 0.6) is 11.5 Å². The number of anilines is 3. The van der Waals surface area contributed by atoms with Gasteiger partial charge in [0.05, 0.1) is 16.5 Å². The molecule has 0 saturated heterocycles. The smallest absolute Gasteiger partial charge is 0.140 e. The molecule has 1 aliphatic heterocycles. The van der Waals surface area contributed by atoms with Gasteiger partial charge in [0.25, 0.3) is 0 Å². The fourth-order valence-corrected chi connectivity index (χ4v) is 13.7. The molecule has 3 aliphatic carbocycles. The summed E-state index contributed by atoms with van der Waals surface area (Å²) in [6.07, 6.45) is 0. The van der Waals surface area contributed by atoms with Crippen LogP contribution in [0.25, 0.3) is 66.1 Å². The van der Waals surface area contributed by atoms with Gasteiger partial charge >= 0.3 is 0 Å². The number of ether oxygens (including phenoxy) is 1. The number of benzene rings is 12. The Morgan fingerprint density at radius 1 is 0.278 bits per heavy atom. The van der Waals surface area contributed by atoms with Gasteiger partial charge in [0.15, 0.2) is 0 Å². The van der Waals surface area contributed by atoms with E-state index in [1.54, 1.807) is 0 Å². The van der Waals surface area contributed by atoms with Crippen LogP contribution >= 0.6 is 0 Å². The van der Waals surface area contributed by atoms with E-state index in [0.29, 0.717) is 0 Å². The summed E-state index contributed by atoms with van der Waals surface area (Å²) in [5, 5.41) is 4.53. The van der Waals surface area contributed by atoms with Crippen LogP contribution in [0.4, 0.5) is 17.1 Å². The first-order valence-electron chi connectivity index (χ1n) is 25.1. The lowest BCUT2D eigenvalue weighted by atomic mass is 9.65. The predicted molar refractivity (Wildman–Crippen MR) is 295 cm³/mol. The molecule has 334 valence electrons. The standard InChI is InChI=1S/C70H43NO/c1-2-18-44(19-3-1)47-22-16-23-48(42-47)71(49-38-41-61-56(43-49)54-28-10-14-32-59(54)69(61)57-30-12-8-26-52(57)53-27-9-13-31-58(53)69)65-35-17-34-62-66(65)55-29-11-15-33-60(55)70(62)63-39-36-45-20-4-6-24-50(45)67(63)72-68-51-25-7-5-21-46(51)37-40-64(68)70/h1-43H. The fourth-order valence-electron chi connectivity index (χ4n) is 13.7. The Balaban J connectivity index is 0.995. The molecule has 4 aliphatic rings. The number of hydrogen-bond donors (Lipinski definition) is 0. The van der Waals surface area contributed by atoms with Crippen molar-refractivity contribution in [1.82, 2.24) is 0 Å². The van der Waals surface area contributed by atoms with Crippen LogP contribution in [0.15, 0.2) is 261 Å². The number of hydrogen-bond acceptors (Lipinski definition) is 2. The van der Waals surface area contributed by atoms with E-state index in [2.05, 4.69) is 266 Å². The zero-order valence-corrected chi connectivity index (χ0v) is 39.2. The normalized spacial score (nSPS) is 14.2. The van der Waals surface area contributed by atoms with Crippen molar-refractivity contribution in [2.45, 2.75) is 10.8 Å². The molecule has 0 N–H and O–H groups in total. The maximum atomic E-state index is 7.34. The van der Waals surface area contributed by atoms with Crippen molar-refractivity contribution < 1.29 is 4.74 Å². The summed E-state index contributed by atoms with van der Waals surface area (Å²) in [4.78, 5) is 2.54. The Bertz CT molecular complexity index is 4150. The highest BCUT2D eigenvalue weighted by molar-refractivity contribution is 6.04. The monoisotopic (exact) mass is 913 g/mol. The fraction of sp³-hybridized carbons (Fsp3) is 0.0286. The summed E-state index contributed by atoms with van der Waals surface area (Å²) in [5.74, 6) is 1.83. The first kappa shape index (κ1) is 39.6. The van der Waals surface area contributed by atoms with E-state index in [9.17, 15) is 0 Å². The van der Waals surface area contributed by atoms with Crippen LogP contribution in [0, 0.1) is 0 Å². The average molecular weight is 914 g/mol. The molecule has 1 heterocycles. The maximum absolute atomic E-state index is 7.34. The second-order valence-corrected chi connectivity index (χ2v) is 19.8. The van der Waals surface area contributed by atoms with Crippen LogP contribution in [0.3, 0.4) is 0 Å². The molecular weight excluding hydrogens is 871 g/mol. The molecule has 0 amide bonds. The van der Waals surface area contributed by atoms with Gasteiger partial charge in [-0.3, -0.25) is 0 Å². The topological polar surface area (TPSA) is 12.5 Å². The Kier molecular flexibility index (Phi) is 8.05. The first-order chi connectivity index (χ1) is 35.7. The van der Waals surface area contributed by atoms with E-state index in [1.807, 2.05) is 0 Å². The van der Waals surface area contributed by atoms with Crippen LogP contribution in [0.2, 0.25) is 0 Å². The maximum Gasteiger partial charge on any atom is 0.140 e. The zero-order chi connectivity index (χ0) is 47.1. The lowest BCUT2D eigenvalue weighted by Crippen LogP contribution is -2.32. The molecule has 12 aromatic rings. The van der Waals surface area contributed by atoms with Gasteiger partial charge in [-0.15, -0.1) is 0 Å². The predicted octanol–water partition coefficient (Wildman–Crippen LogP) is 17.9. The summed E-state index contributed by atoms with van der Waals surface area (Å²) >= 11 is 0. The first-order valence-corrected chi connectivity index (χ1v) is 25.1. The van der Waals surface area contributed by atoms with Gasteiger partial charge in [0.2, 0.25) is 0 Å². The molecule has 0 atom stereocenters. The summed E-state index contributed by atoms with van der Waals surface area (Å²) in [6.45, 7) is 0. The summed E-state index contributed by atoms with van der Waals surface area (Å²) in [6, 6.07) is 97.2. The molecule has 0 bridgehead atoms. The molecule has 0 saturated carbocycles. The van der Waals surface area contributed by atoms with Gasteiger partial charge in [0.1, 0.15) is 11.5 Å². The molecule has 2 heteroatoms. The molecule has 0 fully saturated rings.